The topological polar surface area (TPSA) is 42.5 Å². The molecule has 0 saturated carbocycles. The van der Waals surface area contributed by atoms with Crippen LogP contribution in [0.2, 0.25) is 0 Å². The van der Waals surface area contributed by atoms with Crippen LogP contribution in [0.4, 0.5) is 5.69 Å². The molecule has 0 unspecified atom stereocenters. The fourth-order valence-electron chi connectivity index (χ4n) is 2.49. The fourth-order valence-corrected chi connectivity index (χ4v) is 2.68. The molecule has 0 saturated heterocycles. The molecule has 2 N–H and O–H groups in total. The monoisotopic (exact) mass is 328 g/mol. The lowest BCUT2D eigenvalue weighted by molar-refractivity contribution is 0.174. The molecule has 1 aliphatic rings. The molecule has 1 heterocycles. The van der Waals surface area contributed by atoms with Crippen LogP contribution in [0.15, 0.2) is 30.3 Å². The van der Waals surface area contributed by atoms with Crippen LogP contribution in [0, 0.1) is 20.8 Å². The van der Waals surface area contributed by atoms with Gasteiger partial charge in [-0.3, -0.25) is 0 Å². The van der Waals surface area contributed by atoms with Crippen LogP contribution in [0.1, 0.15) is 22.3 Å². The molecule has 0 spiro atoms. The molecule has 4 nitrogen and oxygen atoms in total. The Balaban J connectivity index is 1.61. The van der Waals surface area contributed by atoms with Crippen molar-refractivity contribution in [2.45, 2.75) is 27.3 Å². The Labute approximate surface area is 141 Å². The van der Waals surface area contributed by atoms with Crippen molar-refractivity contribution < 1.29 is 9.47 Å². The van der Waals surface area contributed by atoms with Crippen molar-refractivity contribution in [2.24, 2.45) is 0 Å². The Hall–Kier alpha value is -2.27. The van der Waals surface area contributed by atoms with Gasteiger partial charge in [0.2, 0.25) is 6.79 Å². The fraction of sp³-hybridized carbons (Fsp3) is 0.278. The lowest BCUT2D eigenvalue weighted by Crippen LogP contribution is -2.28. The molecule has 2 aromatic carbocycles. The second-order valence-electron chi connectivity index (χ2n) is 5.75. The van der Waals surface area contributed by atoms with Crippen LogP contribution in [-0.2, 0) is 6.54 Å². The first-order valence-corrected chi connectivity index (χ1v) is 7.95. The van der Waals surface area contributed by atoms with Crippen molar-refractivity contribution in [2.75, 3.05) is 12.1 Å². The Morgan fingerprint density at radius 2 is 1.74 bits per heavy atom. The zero-order chi connectivity index (χ0) is 16.4. The number of rotatable bonds is 3. The van der Waals surface area contributed by atoms with Gasteiger partial charge < -0.3 is 20.1 Å². The van der Waals surface area contributed by atoms with Crippen molar-refractivity contribution in [1.82, 2.24) is 5.32 Å². The summed E-state index contributed by atoms with van der Waals surface area (Å²) in [5.74, 6) is 1.58. The molecule has 0 radical (unpaired) electrons. The predicted octanol–water partition coefficient (Wildman–Crippen LogP) is 3.83. The van der Waals surface area contributed by atoms with Gasteiger partial charge in [0.1, 0.15) is 0 Å². The minimum atomic E-state index is 0.290. The maximum Gasteiger partial charge on any atom is 0.231 e. The maximum absolute atomic E-state index is 5.39. The molecule has 0 aliphatic carbocycles. The van der Waals surface area contributed by atoms with Gasteiger partial charge in [-0.15, -0.1) is 0 Å². The molecular weight excluding hydrogens is 308 g/mol. The zero-order valence-electron chi connectivity index (χ0n) is 13.5. The minimum Gasteiger partial charge on any atom is -0.454 e. The average molecular weight is 328 g/mol. The quantitative estimate of drug-likeness (QED) is 0.838. The van der Waals surface area contributed by atoms with Gasteiger partial charge in [0.05, 0.1) is 0 Å². The van der Waals surface area contributed by atoms with E-state index in [-0.39, 0.29) is 6.79 Å². The second-order valence-corrected chi connectivity index (χ2v) is 6.15. The van der Waals surface area contributed by atoms with E-state index in [1.807, 2.05) is 18.2 Å². The summed E-state index contributed by atoms with van der Waals surface area (Å²) in [6.07, 6.45) is 0. The summed E-state index contributed by atoms with van der Waals surface area (Å²) in [6, 6.07) is 10.2. The number of ether oxygens (including phenoxy) is 2. The molecule has 23 heavy (non-hydrogen) atoms. The van der Waals surface area contributed by atoms with Crippen molar-refractivity contribution in [1.29, 1.82) is 0 Å². The van der Waals surface area contributed by atoms with E-state index >= 15 is 0 Å². The summed E-state index contributed by atoms with van der Waals surface area (Å²) < 4.78 is 10.7. The van der Waals surface area contributed by atoms with Crippen LogP contribution in [0.3, 0.4) is 0 Å². The Morgan fingerprint density at radius 1 is 1.00 bits per heavy atom. The van der Waals surface area contributed by atoms with Crippen molar-refractivity contribution >= 4 is 23.0 Å². The molecule has 0 atom stereocenters. The number of hydrogen-bond acceptors (Lipinski definition) is 3. The lowest BCUT2D eigenvalue weighted by atomic mass is 10.1. The number of fused-ring (bicyclic) bond motifs is 1. The third-order valence-corrected chi connectivity index (χ3v) is 4.23. The number of hydrogen-bond donors (Lipinski definition) is 2. The van der Waals surface area contributed by atoms with E-state index in [1.165, 1.54) is 16.7 Å². The molecule has 5 heteroatoms. The zero-order valence-corrected chi connectivity index (χ0v) is 14.3. The number of thiocarbonyl (C=S) groups is 1. The lowest BCUT2D eigenvalue weighted by Gasteiger charge is -2.14. The van der Waals surface area contributed by atoms with E-state index in [4.69, 9.17) is 21.7 Å². The first kappa shape index (κ1) is 15.6. The Kier molecular flexibility index (Phi) is 4.39. The number of nitrogens with one attached hydrogen (secondary N) is 2. The highest BCUT2D eigenvalue weighted by molar-refractivity contribution is 7.80. The molecule has 3 rings (SSSR count). The van der Waals surface area contributed by atoms with Gasteiger partial charge in [-0.1, -0.05) is 12.1 Å². The normalized spacial score (nSPS) is 12.1. The smallest absolute Gasteiger partial charge is 0.231 e. The van der Waals surface area contributed by atoms with Crippen molar-refractivity contribution in [3.05, 3.63) is 52.6 Å². The molecular formula is C18H20N2O2S. The summed E-state index contributed by atoms with van der Waals surface area (Å²) in [4.78, 5) is 0. The summed E-state index contributed by atoms with van der Waals surface area (Å²) in [6.45, 7) is 7.21. The molecule has 120 valence electrons. The number of anilines is 1. The van der Waals surface area contributed by atoms with Gasteiger partial charge in [-0.25, -0.2) is 0 Å². The first-order valence-electron chi connectivity index (χ1n) is 7.54. The third-order valence-electron chi connectivity index (χ3n) is 3.98. The Bertz CT molecular complexity index is 759. The second kappa shape index (κ2) is 6.46. The molecule has 0 aromatic heterocycles. The molecule has 2 aromatic rings. The van der Waals surface area contributed by atoms with Crippen LogP contribution >= 0.6 is 12.2 Å². The molecule has 0 bridgehead atoms. The molecule has 0 amide bonds. The van der Waals surface area contributed by atoms with E-state index in [0.717, 1.165) is 22.7 Å². The van der Waals surface area contributed by atoms with Gasteiger partial charge in [0.25, 0.3) is 0 Å². The summed E-state index contributed by atoms with van der Waals surface area (Å²) in [5, 5.41) is 7.09. The van der Waals surface area contributed by atoms with Crippen molar-refractivity contribution in [3.63, 3.8) is 0 Å². The van der Waals surface area contributed by atoms with E-state index in [9.17, 15) is 0 Å². The number of aryl methyl sites for hydroxylation is 3. The van der Waals surface area contributed by atoms with E-state index in [0.29, 0.717) is 11.7 Å². The van der Waals surface area contributed by atoms with E-state index < -0.39 is 0 Å². The van der Waals surface area contributed by atoms with Gasteiger partial charge in [0.15, 0.2) is 16.6 Å². The van der Waals surface area contributed by atoms with Crippen LogP contribution < -0.4 is 20.1 Å². The van der Waals surface area contributed by atoms with Gasteiger partial charge in [-0.05, 0) is 73.4 Å². The van der Waals surface area contributed by atoms with E-state index in [1.54, 1.807) is 0 Å². The SMILES string of the molecule is Cc1cc(C)c(NC(=S)NCc2ccc3c(c2)OCO3)cc1C. The highest BCUT2D eigenvalue weighted by Gasteiger charge is 2.13. The first-order chi connectivity index (χ1) is 11.0. The van der Waals surface area contributed by atoms with Gasteiger partial charge >= 0.3 is 0 Å². The molecule has 1 aliphatic heterocycles. The standard InChI is InChI=1S/C18H20N2O2S/c1-11-6-13(3)15(7-12(11)2)20-18(23)19-9-14-4-5-16-17(8-14)22-10-21-16/h4-8H,9-10H2,1-3H3,(H2,19,20,23). The van der Waals surface area contributed by atoms with Gasteiger partial charge in [-0.2, -0.15) is 0 Å². The number of benzene rings is 2. The highest BCUT2D eigenvalue weighted by atomic mass is 32.1. The van der Waals surface area contributed by atoms with E-state index in [2.05, 4.69) is 43.5 Å². The summed E-state index contributed by atoms with van der Waals surface area (Å²) in [5.41, 5.74) is 5.84. The average Bonchev–Trinajstić information content (AvgIpc) is 2.98. The maximum atomic E-state index is 5.39. The molecule has 0 fully saturated rings. The summed E-state index contributed by atoms with van der Waals surface area (Å²) >= 11 is 5.39. The van der Waals surface area contributed by atoms with Crippen molar-refractivity contribution in [3.8, 4) is 11.5 Å². The summed E-state index contributed by atoms with van der Waals surface area (Å²) in [7, 11) is 0. The third kappa shape index (κ3) is 3.56. The highest BCUT2D eigenvalue weighted by Crippen LogP contribution is 2.32. The predicted molar refractivity (Wildman–Crippen MR) is 96.3 cm³/mol. The van der Waals surface area contributed by atoms with Crippen LogP contribution in [-0.4, -0.2) is 11.9 Å². The Morgan fingerprint density at radius 3 is 2.57 bits per heavy atom. The largest absolute Gasteiger partial charge is 0.454 e. The van der Waals surface area contributed by atoms with Crippen LogP contribution in [0.25, 0.3) is 0 Å². The van der Waals surface area contributed by atoms with Crippen LogP contribution in [0.5, 0.6) is 11.5 Å². The van der Waals surface area contributed by atoms with Gasteiger partial charge in [0, 0.05) is 12.2 Å². The minimum absolute atomic E-state index is 0.290.